The van der Waals surface area contributed by atoms with Gasteiger partial charge in [-0.2, -0.15) is 5.26 Å². The Morgan fingerprint density at radius 1 is 1.41 bits per heavy atom. The summed E-state index contributed by atoms with van der Waals surface area (Å²) < 4.78 is 0. The highest BCUT2D eigenvalue weighted by Crippen LogP contribution is 2.47. The standard InChI is InChI=1S/C8H11NO.C6H9N/c9-8(6-10)7-4-2-1-3-5-7;1-6(2-3-6)4-5-7/h1-5,8,10H,6,9H2;2-4H2,1H3/t8-;/m0./s1. The maximum Gasteiger partial charge on any atom is 0.0627 e. The van der Waals surface area contributed by atoms with Crippen molar-refractivity contribution < 1.29 is 5.11 Å². The summed E-state index contributed by atoms with van der Waals surface area (Å²) in [6.45, 7) is 2.17. The smallest absolute Gasteiger partial charge is 0.0627 e. The van der Waals surface area contributed by atoms with Gasteiger partial charge in [0.25, 0.3) is 0 Å². The maximum absolute atomic E-state index is 8.66. The maximum atomic E-state index is 8.66. The van der Waals surface area contributed by atoms with Crippen molar-refractivity contribution in [3.8, 4) is 6.07 Å². The number of aliphatic hydroxyl groups excluding tert-OH is 1. The van der Waals surface area contributed by atoms with E-state index in [1.165, 1.54) is 12.8 Å². The molecule has 17 heavy (non-hydrogen) atoms. The molecule has 0 unspecified atom stereocenters. The van der Waals surface area contributed by atoms with E-state index in [0.717, 1.165) is 12.0 Å². The lowest BCUT2D eigenvalue weighted by Gasteiger charge is -2.06. The van der Waals surface area contributed by atoms with Crippen LogP contribution in [0.3, 0.4) is 0 Å². The first-order valence-corrected chi connectivity index (χ1v) is 5.89. The van der Waals surface area contributed by atoms with Crippen molar-refractivity contribution in [3.05, 3.63) is 35.9 Å². The molecule has 1 aliphatic carbocycles. The third kappa shape index (κ3) is 4.99. The van der Waals surface area contributed by atoms with Crippen LogP contribution in [0.1, 0.15) is 37.8 Å². The molecule has 0 radical (unpaired) electrons. The average Bonchev–Trinajstić information content (AvgIpc) is 3.08. The van der Waals surface area contributed by atoms with Crippen LogP contribution in [0.2, 0.25) is 0 Å². The first kappa shape index (κ1) is 13.7. The van der Waals surface area contributed by atoms with E-state index < -0.39 is 0 Å². The van der Waals surface area contributed by atoms with E-state index in [1.54, 1.807) is 0 Å². The lowest BCUT2D eigenvalue weighted by atomic mass is 10.1. The van der Waals surface area contributed by atoms with Gasteiger partial charge in [0.2, 0.25) is 0 Å². The molecule has 0 heterocycles. The second kappa shape index (κ2) is 6.39. The lowest BCUT2D eigenvalue weighted by molar-refractivity contribution is 0.268. The molecule has 0 spiro atoms. The third-order valence-electron chi connectivity index (χ3n) is 3.03. The lowest BCUT2D eigenvalue weighted by Crippen LogP contribution is -2.13. The summed E-state index contributed by atoms with van der Waals surface area (Å²) in [4.78, 5) is 0. The topological polar surface area (TPSA) is 70.0 Å². The van der Waals surface area contributed by atoms with Crippen LogP contribution in [0, 0.1) is 16.7 Å². The highest BCUT2D eigenvalue weighted by molar-refractivity contribution is 5.18. The molecule has 92 valence electrons. The predicted octanol–water partition coefficient (Wildman–Crippen LogP) is 2.38. The fourth-order valence-electron chi connectivity index (χ4n) is 1.39. The highest BCUT2D eigenvalue weighted by Gasteiger charge is 2.36. The summed E-state index contributed by atoms with van der Waals surface area (Å²) in [7, 11) is 0. The Balaban J connectivity index is 0.000000181. The van der Waals surface area contributed by atoms with Gasteiger partial charge in [-0.25, -0.2) is 0 Å². The van der Waals surface area contributed by atoms with Crippen LogP contribution < -0.4 is 5.73 Å². The molecule has 0 aromatic heterocycles. The number of rotatable bonds is 3. The second-order valence-electron chi connectivity index (χ2n) is 4.85. The average molecular weight is 232 g/mol. The number of hydrogen-bond donors (Lipinski definition) is 2. The quantitative estimate of drug-likeness (QED) is 0.840. The third-order valence-corrected chi connectivity index (χ3v) is 3.03. The van der Waals surface area contributed by atoms with E-state index in [4.69, 9.17) is 16.1 Å². The fraction of sp³-hybridized carbons (Fsp3) is 0.500. The van der Waals surface area contributed by atoms with Crippen LogP contribution in [-0.4, -0.2) is 11.7 Å². The Morgan fingerprint density at radius 3 is 2.35 bits per heavy atom. The Morgan fingerprint density at radius 2 is 2.00 bits per heavy atom. The Labute approximate surface area is 103 Å². The van der Waals surface area contributed by atoms with Gasteiger partial charge in [-0.1, -0.05) is 37.3 Å². The first-order valence-electron chi connectivity index (χ1n) is 5.89. The molecule has 2 rings (SSSR count). The van der Waals surface area contributed by atoms with E-state index in [-0.39, 0.29) is 12.6 Å². The zero-order valence-electron chi connectivity index (χ0n) is 10.3. The van der Waals surface area contributed by atoms with Crippen LogP contribution in [-0.2, 0) is 0 Å². The molecule has 1 aromatic carbocycles. The summed E-state index contributed by atoms with van der Waals surface area (Å²) in [5, 5.41) is 16.9. The molecule has 1 atom stereocenters. The minimum Gasteiger partial charge on any atom is -0.394 e. The van der Waals surface area contributed by atoms with Gasteiger partial charge in [0, 0.05) is 6.42 Å². The van der Waals surface area contributed by atoms with E-state index in [0.29, 0.717) is 5.41 Å². The minimum absolute atomic E-state index is 0.00398. The molecule has 3 N–H and O–H groups in total. The van der Waals surface area contributed by atoms with Gasteiger partial charge in [0.05, 0.1) is 18.7 Å². The fourth-order valence-corrected chi connectivity index (χ4v) is 1.39. The van der Waals surface area contributed by atoms with Crippen molar-refractivity contribution in [1.82, 2.24) is 0 Å². The zero-order chi connectivity index (χ0) is 12.7. The number of benzene rings is 1. The number of nitrogens with two attached hydrogens (primary N) is 1. The Bertz CT molecular complexity index is 366. The molecule has 3 nitrogen and oxygen atoms in total. The number of nitrogens with zero attached hydrogens (tertiary/aromatic N) is 1. The molecule has 0 saturated heterocycles. The van der Waals surface area contributed by atoms with Gasteiger partial charge in [0.15, 0.2) is 0 Å². The van der Waals surface area contributed by atoms with Gasteiger partial charge < -0.3 is 10.8 Å². The summed E-state index contributed by atoms with van der Waals surface area (Å²) in [5.74, 6) is 0. The molecule has 3 heteroatoms. The van der Waals surface area contributed by atoms with Gasteiger partial charge >= 0.3 is 0 Å². The van der Waals surface area contributed by atoms with E-state index >= 15 is 0 Å². The summed E-state index contributed by atoms with van der Waals surface area (Å²) in [5.41, 5.74) is 6.96. The predicted molar refractivity (Wildman–Crippen MR) is 68.0 cm³/mol. The van der Waals surface area contributed by atoms with Crippen LogP contribution >= 0.6 is 0 Å². The molecule has 1 fully saturated rings. The van der Waals surface area contributed by atoms with E-state index in [1.807, 2.05) is 30.3 Å². The summed E-state index contributed by atoms with van der Waals surface area (Å²) >= 11 is 0. The number of hydrogen-bond acceptors (Lipinski definition) is 3. The number of nitriles is 1. The molecule has 1 aromatic rings. The van der Waals surface area contributed by atoms with Crippen LogP contribution in [0.15, 0.2) is 30.3 Å². The van der Waals surface area contributed by atoms with Gasteiger partial charge in [-0.15, -0.1) is 0 Å². The molecule has 0 bridgehead atoms. The normalized spacial score (nSPS) is 17.3. The van der Waals surface area contributed by atoms with Crippen LogP contribution in [0.25, 0.3) is 0 Å². The number of aliphatic hydroxyl groups is 1. The van der Waals surface area contributed by atoms with Gasteiger partial charge in [-0.3, -0.25) is 0 Å². The SMILES string of the molecule is CC1(CC#N)CC1.N[C@@H](CO)c1ccccc1. The van der Waals surface area contributed by atoms with Crippen molar-refractivity contribution >= 4 is 0 Å². The minimum atomic E-state index is -0.235. The highest BCUT2D eigenvalue weighted by atomic mass is 16.3. The first-order chi connectivity index (χ1) is 8.11. The summed E-state index contributed by atoms with van der Waals surface area (Å²) in [6.07, 6.45) is 3.29. The molecule has 0 amide bonds. The second-order valence-corrected chi connectivity index (χ2v) is 4.85. The Hall–Kier alpha value is -1.37. The van der Waals surface area contributed by atoms with E-state index in [9.17, 15) is 0 Å². The van der Waals surface area contributed by atoms with Crippen molar-refractivity contribution in [3.63, 3.8) is 0 Å². The van der Waals surface area contributed by atoms with Crippen molar-refractivity contribution in [2.24, 2.45) is 11.1 Å². The van der Waals surface area contributed by atoms with Crippen molar-refractivity contribution in [1.29, 1.82) is 5.26 Å². The van der Waals surface area contributed by atoms with Crippen LogP contribution in [0.4, 0.5) is 0 Å². The molecular formula is C14H20N2O. The molecular weight excluding hydrogens is 212 g/mol. The largest absolute Gasteiger partial charge is 0.394 e. The Kier molecular flexibility index (Phi) is 5.14. The summed E-state index contributed by atoms with van der Waals surface area (Å²) in [6, 6.07) is 11.5. The molecule has 1 saturated carbocycles. The molecule has 1 aliphatic rings. The van der Waals surface area contributed by atoms with E-state index in [2.05, 4.69) is 13.0 Å². The van der Waals surface area contributed by atoms with Crippen molar-refractivity contribution in [2.75, 3.05) is 6.61 Å². The van der Waals surface area contributed by atoms with Gasteiger partial charge in [-0.05, 0) is 23.8 Å². The van der Waals surface area contributed by atoms with Crippen molar-refractivity contribution in [2.45, 2.75) is 32.2 Å². The zero-order valence-corrected chi connectivity index (χ0v) is 10.3. The van der Waals surface area contributed by atoms with Crippen LogP contribution in [0.5, 0.6) is 0 Å². The van der Waals surface area contributed by atoms with Gasteiger partial charge in [0.1, 0.15) is 0 Å². The molecule has 0 aliphatic heterocycles. The monoisotopic (exact) mass is 232 g/mol.